The van der Waals surface area contributed by atoms with Crippen LogP contribution < -0.4 is 0 Å². The fourth-order valence-electron chi connectivity index (χ4n) is 0.813. The van der Waals surface area contributed by atoms with Crippen LogP contribution in [0.25, 0.3) is 0 Å². The van der Waals surface area contributed by atoms with E-state index in [1.807, 2.05) is 0 Å². The predicted molar refractivity (Wildman–Crippen MR) is 65.0 cm³/mol. The molecule has 0 fully saturated rings. The Morgan fingerprint density at radius 1 is 1.38 bits per heavy atom. The first-order chi connectivity index (χ1) is 6.07. The van der Waals surface area contributed by atoms with E-state index in [0.717, 1.165) is 4.47 Å². The number of hydrogen-bond acceptors (Lipinski definition) is 1. The summed E-state index contributed by atoms with van der Waals surface area (Å²) in [5.41, 5.74) is 0.588. The highest BCUT2D eigenvalue weighted by Crippen LogP contribution is 2.33. The van der Waals surface area contributed by atoms with Crippen molar-refractivity contribution < 1.29 is 4.79 Å². The molecule has 0 aliphatic rings. The van der Waals surface area contributed by atoms with Gasteiger partial charge in [0.15, 0.2) is 5.78 Å². The molecule has 0 saturated carbocycles. The molecule has 0 aliphatic heterocycles. The summed E-state index contributed by atoms with van der Waals surface area (Å²) < 4.78 is 1.40. The average molecular weight is 391 g/mol. The summed E-state index contributed by atoms with van der Waals surface area (Å²) in [5.74, 6) is 0.00118. The number of rotatable bonds is 2. The third-order valence-corrected chi connectivity index (χ3v) is 4.30. The van der Waals surface area contributed by atoms with E-state index in [1.54, 1.807) is 12.1 Å². The molecule has 0 atom stereocenters. The molecule has 0 radical (unpaired) electrons. The Kier molecular flexibility index (Phi) is 4.42. The minimum Gasteiger partial charge on any atom is -0.293 e. The molecule has 1 rings (SSSR count). The van der Waals surface area contributed by atoms with Crippen LogP contribution in [0, 0.1) is 0 Å². The highest BCUT2D eigenvalue weighted by molar-refractivity contribution is 9.11. The van der Waals surface area contributed by atoms with Crippen molar-refractivity contribution in [3.05, 3.63) is 31.7 Å². The van der Waals surface area contributed by atoms with Crippen LogP contribution in [0.15, 0.2) is 21.1 Å². The molecule has 13 heavy (non-hydrogen) atoms. The maximum absolute atomic E-state index is 11.3. The Balaban J connectivity index is 3.26. The van der Waals surface area contributed by atoms with E-state index in [-0.39, 0.29) is 5.78 Å². The lowest BCUT2D eigenvalue weighted by atomic mass is 10.1. The minimum absolute atomic E-state index is 0.00118. The van der Waals surface area contributed by atoms with Crippen molar-refractivity contribution in [3.63, 3.8) is 0 Å². The molecule has 0 N–H and O–H groups in total. The van der Waals surface area contributed by atoms with Crippen molar-refractivity contribution in [1.29, 1.82) is 0 Å². The molecule has 0 aliphatic carbocycles. The van der Waals surface area contributed by atoms with Crippen LogP contribution in [0.5, 0.6) is 0 Å². The molecule has 1 aromatic rings. The first kappa shape index (κ1) is 11.7. The van der Waals surface area contributed by atoms with Gasteiger partial charge in [0, 0.05) is 14.5 Å². The van der Waals surface area contributed by atoms with E-state index in [2.05, 4.69) is 47.8 Å². The first-order valence-corrected chi connectivity index (χ1v) is 6.39. The third kappa shape index (κ3) is 2.55. The zero-order valence-corrected chi connectivity index (χ0v) is 11.8. The lowest BCUT2D eigenvalue weighted by Crippen LogP contribution is -2.01. The molecule has 0 saturated heterocycles. The molecule has 0 heterocycles. The summed E-state index contributed by atoms with van der Waals surface area (Å²) in [6.07, 6.45) is 0. The average Bonchev–Trinajstić information content (AvgIpc) is 2.13. The Bertz CT molecular complexity index is 351. The summed E-state index contributed by atoms with van der Waals surface area (Å²) in [4.78, 5) is 11.3. The second kappa shape index (κ2) is 4.91. The van der Waals surface area contributed by atoms with Crippen molar-refractivity contribution >= 4 is 65.2 Å². The molecular weight excluding hydrogens is 387 g/mol. The Morgan fingerprint density at radius 3 is 2.54 bits per heavy atom. The van der Waals surface area contributed by atoms with E-state index in [1.165, 1.54) is 0 Å². The second-order valence-corrected chi connectivity index (χ2v) is 4.87. The molecule has 1 nitrogen and oxygen atoms in total. The zero-order valence-electron chi connectivity index (χ0n) is 6.28. The number of halogens is 4. The van der Waals surface area contributed by atoms with Gasteiger partial charge in [0.1, 0.15) is 0 Å². The first-order valence-electron chi connectivity index (χ1n) is 3.30. The van der Waals surface area contributed by atoms with Gasteiger partial charge < -0.3 is 0 Å². The van der Waals surface area contributed by atoms with Crippen LogP contribution in [0.3, 0.4) is 0 Å². The number of ketones is 1. The SMILES string of the molecule is O=C(CBr)c1ccc(Br)c(Cl)c1Br. The molecule has 0 unspecified atom stereocenters. The van der Waals surface area contributed by atoms with E-state index in [4.69, 9.17) is 11.6 Å². The summed E-state index contributed by atoms with van der Waals surface area (Å²) in [6.45, 7) is 0. The van der Waals surface area contributed by atoms with Crippen molar-refractivity contribution in [2.75, 3.05) is 5.33 Å². The fourth-order valence-corrected chi connectivity index (χ4v) is 2.44. The number of carbonyl (C=O) groups is 1. The van der Waals surface area contributed by atoms with Gasteiger partial charge in [-0.15, -0.1) is 0 Å². The number of carbonyl (C=O) groups excluding carboxylic acids is 1. The lowest BCUT2D eigenvalue weighted by molar-refractivity contribution is 0.102. The second-order valence-electron chi connectivity index (χ2n) is 2.28. The van der Waals surface area contributed by atoms with Gasteiger partial charge in [-0.2, -0.15) is 0 Å². The van der Waals surface area contributed by atoms with Gasteiger partial charge in [0.2, 0.25) is 0 Å². The largest absolute Gasteiger partial charge is 0.293 e. The van der Waals surface area contributed by atoms with Crippen LogP contribution in [0.2, 0.25) is 5.02 Å². The van der Waals surface area contributed by atoms with E-state index in [0.29, 0.717) is 20.4 Å². The van der Waals surface area contributed by atoms with Crippen molar-refractivity contribution in [2.24, 2.45) is 0 Å². The van der Waals surface area contributed by atoms with Crippen LogP contribution in [0.4, 0.5) is 0 Å². The molecule has 1 aromatic carbocycles. The predicted octanol–water partition coefficient (Wildman–Crippen LogP) is 4.44. The minimum atomic E-state index is 0.00118. The van der Waals surface area contributed by atoms with Gasteiger partial charge in [-0.05, 0) is 44.0 Å². The standard InChI is InChI=1S/C8H4Br3ClO/c9-3-6(13)4-1-2-5(10)8(12)7(4)11/h1-2H,3H2. The van der Waals surface area contributed by atoms with Crippen LogP contribution in [-0.2, 0) is 0 Å². The molecule has 0 amide bonds. The number of benzene rings is 1. The van der Waals surface area contributed by atoms with Gasteiger partial charge in [0.25, 0.3) is 0 Å². The summed E-state index contributed by atoms with van der Waals surface area (Å²) in [5, 5.41) is 0.815. The molecule has 5 heteroatoms. The smallest absolute Gasteiger partial charge is 0.174 e. The lowest BCUT2D eigenvalue weighted by Gasteiger charge is -2.04. The zero-order chi connectivity index (χ0) is 10.0. The molecule has 0 spiro atoms. The Labute approximate surface area is 106 Å². The number of alkyl halides is 1. The van der Waals surface area contributed by atoms with Crippen LogP contribution >= 0.6 is 59.4 Å². The Morgan fingerprint density at radius 2 is 2.00 bits per heavy atom. The van der Waals surface area contributed by atoms with Gasteiger partial charge in [-0.3, -0.25) is 4.79 Å². The monoisotopic (exact) mass is 388 g/mol. The van der Waals surface area contributed by atoms with Crippen LogP contribution in [0.1, 0.15) is 10.4 Å². The summed E-state index contributed by atoms with van der Waals surface area (Å²) in [6, 6.07) is 3.48. The van der Waals surface area contributed by atoms with Crippen LogP contribution in [-0.4, -0.2) is 11.1 Å². The van der Waals surface area contributed by atoms with Gasteiger partial charge in [-0.25, -0.2) is 0 Å². The number of Topliss-reactive ketones (excluding diaryl/α,β-unsaturated/α-hetero) is 1. The summed E-state index contributed by atoms with van der Waals surface area (Å²) in [7, 11) is 0. The van der Waals surface area contributed by atoms with Gasteiger partial charge >= 0.3 is 0 Å². The maximum atomic E-state index is 11.3. The fraction of sp³-hybridized carbons (Fsp3) is 0.125. The number of hydrogen-bond donors (Lipinski definition) is 0. The Hall–Kier alpha value is 0.620. The highest BCUT2D eigenvalue weighted by Gasteiger charge is 2.12. The highest BCUT2D eigenvalue weighted by atomic mass is 79.9. The molecule has 70 valence electrons. The molecule has 0 aromatic heterocycles. The van der Waals surface area contributed by atoms with Gasteiger partial charge in [-0.1, -0.05) is 27.5 Å². The van der Waals surface area contributed by atoms with E-state index < -0.39 is 0 Å². The van der Waals surface area contributed by atoms with Crippen molar-refractivity contribution in [3.8, 4) is 0 Å². The normalized spacial score (nSPS) is 10.2. The quantitative estimate of drug-likeness (QED) is 0.414. The van der Waals surface area contributed by atoms with Crippen molar-refractivity contribution in [2.45, 2.75) is 0 Å². The van der Waals surface area contributed by atoms with E-state index in [9.17, 15) is 4.79 Å². The molecular formula is C8H4Br3ClO. The third-order valence-electron chi connectivity index (χ3n) is 1.46. The van der Waals surface area contributed by atoms with Crippen molar-refractivity contribution in [1.82, 2.24) is 0 Å². The van der Waals surface area contributed by atoms with Gasteiger partial charge in [0.05, 0.1) is 10.4 Å². The molecule has 0 bridgehead atoms. The maximum Gasteiger partial charge on any atom is 0.174 e. The van der Waals surface area contributed by atoms with E-state index >= 15 is 0 Å². The summed E-state index contributed by atoms with van der Waals surface area (Å²) >= 11 is 15.6. The topological polar surface area (TPSA) is 17.1 Å².